The molecule has 3 amide bonds. The van der Waals surface area contributed by atoms with Gasteiger partial charge in [-0.15, -0.1) is 0 Å². The second-order valence-corrected chi connectivity index (χ2v) is 7.48. The van der Waals surface area contributed by atoms with E-state index in [-0.39, 0.29) is 24.1 Å². The molecule has 3 rings (SSSR count). The van der Waals surface area contributed by atoms with Crippen LogP contribution >= 0.6 is 0 Å². The van der Waals surface area contributed by atoms with E-state index in [1.807, 2.05) is 42.5 Å². The van der Waals surface area contributed by atoms with E-state index in [9.17, 15) is 14.4 Å². The van der Waals surface area contributed by atoms with Crippen molar-refractivity contribution >= 4 is 23.4 Å². The standard InChI is InChI=1S/C23H26N2O3/c1-16(2)19-9-11-20(12-10-19)25-22(27)15-21(23(25)28)24(17(3)26)14-13-18-7-5-4-6-8-18/h4-12,16,21H,13-15H2,1-3H3. The Kier molecular flexibility index (Phi) is 5.93. The van der Waals surface area contributed by atoms with Gasteiger partial charge in [-0.1, -0.05) is 56.3 Å². The summed E-state index contributed by atoms with van der Waals surface area (Å²) in [7, 11) is 0. The molecule has 1 unspecified atom stereocenters. The van der Waals surface area contributed by atoms with Gasteiger partial charge in [-0.25, -0.2) is 4.90 Å². The molecule has 5 nitrogen and oxygen atoms in total. The molecular weight excluding hydrogens is 352 g/mol. The third kappa shape index (κ3) is 4.14. The van der Waals surface area contributed by atoms with Gasteiger partial charge >= 0.3 is 0 Å². The summed E-state index contributed by atoms with van der Waals surface area (Å²) in [5.41, 5.74) is 2.80. The number of carbonyl (C=O) groups excluding carboxylic acids is 3. The average Bonchev–Trinajstić information content (AvgIpc) is 2.96. The van der Waals surface area contributed by atoms with E-state index >= 15 is 0 Å². The molecule has 146 valence electrons. The highest BCUT2D eigenvalue weighted by atomic mass is 16.2. The van der Waals surface area contributed by atoms with Crippen molar-refractivity contribution in [3.05, 3.63) is 65.7 Å². The van der Waals surface area contributed by atoms with Gasteiger partial charge < -0.3 is 4.90 Å². The fourth-order valence-corrected chi connectivity index (χ4v) is 3.57. The van der Waals surface area contributed by atoms with Crippen LogP contribution in [0.1, 0.15) is 44.2 Å². The lowest BCUT2D eigenvalue weighted by Crippen LogP contribution is -2.45. The van der Waals surface area contributed by atoms with Crippen LogP contribution in [0.5, 0.6) is 0 Å². The molecule has 0 radical (unpaired) electrons. The molecule has 1 fully saturated rings. The SMILES string of the molecule is CC(=O)N(CCc1ccccc1)C1CC(=O)N(c2ccc(C(C)C)cc2)C1=O. The Morgan fingerprint density at radius 1 is 1.07 bits per heavy atom. The zero-order valence-corrected chi connectivity index (χ0v) is 16.6. The van der Waals surface area contributed by atoms with E-state index in [0.29, 0.717) is 24.6 Å². The third-order valence-corrected chi connectivity index (χ3v) is 5.21. The summed E-state index contributed by atoms with van der Waals surface area (Å²) in [5.74, 6) is -0.416. The van der Waals surface area contributed by atoms with Crippen molar-refractivity contribution in [2.75, 3.05) is 11.4 Å². The summed E-state index contributed by atoms with van der Waals surface area (Å²) in [5, 5.41) is 0. The lowest BCUT2D eigenvalue weighted by Gasteiger charge is -2.26. The lowest BCUT2D eigenvalue weighted by molar-refractivity contribution is -0.136. The van der Waals surface area contributed by atoms with Gasteiger partial charge in [0.25, 0.3) is 5.91 Å². The Balaban J connectivity index is 1.77. The summed E-state index contributed by atoms with van der Waals surface area (Å²) < 4.78 is 0. The second-order valence-electron chi connectivity index (χ2n) is 7.48. The Morgan fingerprint density at radius 3 is 2.29 bits per heavy atom. The van der Waals surface area contributed by atoms with Gasteiger partial charge in [0.2, 0.25) is 11.8 Å². The van der Waals surface area contributed by atoms with Gasteiger partial charge in [0.05, 0.1) is 12.1 Å². The van der Waals surface area contributed by atoms with Crippen molar-refractivity contribution in [1.29, 1.82) is 0 Å². The summed E-state index contributed by atoms with van der Waals surface area (Å²) in [6.07, 6.45) is 0.667. The van der Waals surface area contributed by atoms with E-state index in [1.54, 1.807) is 12.1 Å². The normalized spacial score (nSPS) is 16.7. The first-order valence-electron chi connectivity index (χ1n) is 9.66. The zero-order valence-electron chi connectivity index (χ0n) is 16.6. The first-order chi connectivity index (χ1) is 13.4. The fraction of sp³-hybridized carbons (Fsp3) is 0.348. The van der Waals surface area contributed by atoms with Crippen LogP contribution in [0.15, 0.2) is 54.6 Å². The number of benzene rings is 2. The molecule has 5 heteroatoms. The van der Waals surface area contributed by atoms with Crippen LogP contribution in [-0.4, -0.2) is 35.2 Å². The van der Waals surface area contributed by atoms with Crippen molar-refractivity contribution in [1.82, 2.24) is 4.90 Å². The highest BCUT2D eigenvalue weighted by Gasteiger charge is 2.43. The quantitative estimate of drug-likeness (QED) is 0.723. The molecule has 0 aliphatic carbocycles. The highest BCUT2D eigenvalue weighted by molar-refractivity contribution is 6.23. The van der Waals surface area contributed by atoms with Crippen LogP contribution in [0.3, 0.4) is 0 Å². The predicted octanol–water partition coefficient (Wildman–Crippen LogP) is 3.53. The van der Waals surface area contributed by atoms with Crippen LogP contribution in [0.2, 0.25) is 0 Å². The van der Waals surface area contributed by atoms with E-state index in [2.05, 4.69) is 13.8 Å². The summed E-state index contributed by atoms with van der Waals surface area (Å²) in [6.45, 7) is 6.04. The van der Waals surface area contributed by atoms with Gasteiger partial charge in [0.15, 0.2) is 0 Å². The monoisotopic (exact) mass is 378 g/mol. The van der Waals surface area contributed by atoms with Crippen LogP contribution in [0.25, 0.3) is 0 Å². The molecule has 28 heavy (non-hydrogen) atoms. The molecule has 0 saturated carbocycles. The van der Waals surface area contributed by atoms with E-state index < -0.39 is 6.04 Å². The van der Waals surface area contributed by atoms with Gasteiger partial charge in [-0.3, -0.25) is 14.4 Å². The number of nitrogens with zero attached hydrogens (tertiary/aromatic N) is 2. The number of anilines is 1. The fourth-order valence-electron chi connectivity index (χ4n) is 3.57. The Hall–Kier alpha value is -2.95. The number of hydrogen-bond acceptors (Lipinski definition) is 3. The van der Waals surface area contributed by atoms with Crippen molar-refractivity contribution in [2.24, 2.45) is 0 Å². The molecule has 1 saturated heterocycles. The Morgan fingerprint density at radius 2 is 1.71 bits per heavy atom. The number of amides is 3. The second kappa shape index (κ2) is 8.38. The van der Waals surface area contributed by atoms with Crippen LogP contribution in [0, 0.1) is 0 Å². The van der Waals surface area contributed by atoms with Gasteiger partial charge in [0, 0.05) is 13.5 Å². The van der Waals surface area contributed by atoms with Crippen LogP contribution < -0.4 is 4.90 Å². The van der Waals surface area contributed by atoms with E-state index in [4.69, 9.17) is 0 Å². The number of hydrogen-bond donors (Lipinski definition) is 0. The molecule has 1 atom stereocenters. The molecule has 2 aromatic carbocycles. The smallest absolute Gasteiger partial charge is 0.257 e. The molecular formula is C23H26N2O3. The highest BCUT2D eigenvalue weighted by Crippen LogP contribution is 2.27. The number of rotatable bonds is 6. The van der Waals surface area contributed by atoms with Crippen molar-refractivity contribution in [3.8, 4) is 0 Å². The maximum Gasteiger partial charge on any atom is 0.257 e. The molecule has 1 aliphatic rings. The molecule has 0 spiro atoms. The largest absolute Gasteiger partial charge is 0.330 e. The topological polar surface area (TPSA) is 57.7 Å². The minimum Gasteiger partial charge on any atom is -0.330 e. The lowest BCUT2D eigenvalue weighted by atomic mass is 10.0. The first-order valence-corrected chi connectivity index (χ1v) is 9.66. The minimum absolute atomic E-state index is 0.0269. The maximum atomic E-state index is 13.0. The molecule has 0 aromatic heterocycles. The zero-order chi connectivity index (χ0) is 20.3. The molecule has 1 heterocycles. The van der Waals surface area contributed by atoms with Crippen molar-refractivity contribution in [2.45, 2.75) is 45.6 Å². The third-order valence-electron chi connectivity index (χ3n) is 5.21. The number of carbonyl (C=O) groups is 3. The summed E-state index contributed by atoms with van der Waals surface area (Å²) in [6, 6.07) is 16.5. The molecule has 2 aromatic rings. The van der Waals surface area contributed by atoms with Crippen molar-refractivity contribution in [3.63, 3.8) is 0 Å². The summed E-state index contributed by atoms with van der Waals surface area (Å²) >= 11 is 0. The predicted molar refractivity (Wildman–Crippen MR) is 109 cm³/mol. The maximum absolute atomic E-state index is 13.0. The average molecular weight is 378 g/mol. The summed E-state index contributed by atoms with van der Waals surface area (Å²) in [4.78, 5) is 40.5. The number of imide groups is 1. The van der Waals surface area contributed by atoms with Crippen molar-refractivity contribution < 1.29 is 14.4 Å². The van der Waals surface area contributed by atoms with Crippen LogP contribution in [0.4, 0.5) is 5.69 Å². The Bertz CT molecular complexity index is 859. The van der Waals surface area contributed by atoms with Gasteiger partial charge in [0.1, 0.15) is 6.04 Å². The van der Waals surface area contributed by atoms with Gasteiger partial charge in [-0.2, -0.15) is 0 Å². The molecule has 0 bridgehead atoms. The van der Waals surface area contributed by atoms with Crippen LogP contribution in [-0.2, 0) is 20.8 Å². The molecule has 1 aliphatic heterocycles. The molecule has 0 N–H and O–H groups in total. The van der Waals surface area contributed by atoms with Gasteiger partial charge in [-0.05, 0) is 35.6 Å². The Labute approximate surface area is 166 Å². The first kappa shape index (κ1) is 19.8. The van der Waals surface area contributed by atoms with E-state index in [0.717, 1.165) is 11.1 Å². The van der Waals surface area contributed by atoms with E-state index in [1.165, 1.54) is 16.7 Å². The minimum atomic E-state index is -0.738.